The van der Waals surface area contributed by atoms with Gasteiger partial charge in [0.25, 0.3) is 0 Å². The maximum Gasteiger partial charge on any atom is 0.194 e. The van der Waals surface area contributed by atoms with E-state index in [1.165, 1.54) is 11.1 Å². The van der Waals surface area contributed by atoms with Crippen LogP contribution >= 0.6 is 0 Å². The minimum Gasteiger partial charge on any atom is -0.496 e. The van der Waals surface area contributed by atoms with Crippen molar-refractivity contribution < 1.29 is 4.74 Å². The number of benzene rings is 1. The van der Waals surface area contributed by atoms with Gasteiger partial charge in [0.2, 0.25) is 0 Å². The number of nitrogens with zero attached hydrogens (tertiary/aromatic N) is 2. The van der Waals surface area contributed by atoms with E-state index in [9.17, 15) is 0 Å². The van der Waals surface area contributed by atoms with Crippen molar-refractivity contribution in [3.8, 4) is 5.75 Å². The summed E-state index contributed by atoms with van der Waals surface area (Å²) in [5.74, 6) is 2.04. The Bertz CT molecular complexity index is 484. The van der Waals surface area contributed by atoms with Gasteiger partial charge in [0.1, 0.15) is 5.75 Å². The van der Waals surface area contributed by atoms with E-state index in [4.69, 9.17) is 4.74 Å². The zero-order chi connectivity index (χ0) is 12.5. The molecule has 1 aromatic carbocycles. The Labute approximate surface area is 108 Å². The van der Waals surface area contributed by atoms with E-state index in [1.807, 2.05) is 0 Å². The molecule has 96 valence electrons. The number of guanidine groups is 1. The zero-order valence-corrected chi connectivity index (χ0v) is 10.9. The summed E-state index contributed by atoms with van der Waals surface area (Å²) in [7, 11) is 1.74. The van der Waals surface area contributed by atoms with Gasteiger partial charge in [-0.05, 0) is 19.4 Å². The molecule has 1 saturated heterocycles. The third-order valence-electron chi connectivity index (χ3n) is 3.69. The summed E-state index contributed by atoms with van der Waals surface area (Å²) in [5, 5.41) is 3.35. The van der Waals surface area contributed by atoms with Gasteiger partial charge in [0.05, 0.1) is 13.2 Å². The normalized spacial score (nSPS) is 22.2. The summed E-state index contributed by atoms with van der Waals surface area (Å²) in [4.78, 5) is 6.90. The van der Waals surface area contributed by atoms with E-state index in [0.717, 1.165) is 37.8 Å². The van der Waals surface area contributed by atoms with Crippen LogP contribution in [0, 0.1) is 6.92 Å². The molecule has 0 aliphatic carbocycles. The molecule has 1 N–H and O–H groups in total. The first-order valence-corrected chi connectivity index (χ1v) is 6.49. The first-order valence-electron chi connectivity index (χ1n) is 6.49. The summed E-state index contributed by atoms with van der Waals surface area (Å²) >= 11 is 0. The van der Waals surface area contributed by atoms with Gasteiger partial charge in [-0.1, -0.05) is 17.7 Å². The summed E-state index contributed by atoms with van der Waals surface area (Å²) in [5.41, 5.74) is 2.57. The molecule has 1 unspecified atom stereocenters. The Morgan fingerprint density at radius 2 is 2.33 bits per heavy atom. The van der Waals surface area contributed by atoms with Gasteiger partial charge in [-0.15, -0.1) is 0 Å². The maximum absolute atomic E-state index is 5.52. The maximum atomic E-state index is 5.52. The number of fused-ring (bicyclic) bond motifs is 1. The summed E-state index contributed by atoms with van der Waals surface area (Å²) in [6.07, 6.45) is 1.06. The molecule has 18 heavy (non-hydrogen) atoms. The van der Waals surface area contributed by atoms with Crippen LogP contribution in [0.25, 0.3) is 0 Å². The fourth-order valence-electron chi connectivity index (χ4n) is 2.83. The number of nitrogens with one attached hydrogen (secondary N) is 1. The topological polar surface area (TPSA) is 36.9 Å². The molecule has 4 nitrogen and oxygen atoms in total. The lowest BCUT2D eigenvalue weighted by Gasteiger charge is -2.33. The average molecular weight is 245 g/mol. The Hall–Kier alpha value is -1.71. The van der Waals surface area contributed by atoms with Crippen LogP contribution in [0.2, 0.25) is 0 Å². The number of methoxy groups -OCH3 is 1. The third-order valence-corrected chi connectivity index (χ3v) is 3.69. The van der Waals surface area contributed by atoms with E-state index in [-0.39, 0.29) is 0 Å². The fraction of sp³-hybridized carbons (Fsp3) is 0.500. The van der Waals surface area contributed by atoms with Gasteiger partial charge in [0, 0.05) is 25.2 Å². The molecule has 0 bridgehead atoms. The molecule has 4 heteroatoms. The lowest BCUT2D eigenvalue weighted by atomic mass is 9.98. The monoisotopic (exact) mass is 245 g/mol. The molecule has 1 aromatic rings. The zero-order valence-electron chi connectivity index (χ0n) is 10.9. The molecular weight excluding hydrogens is 226 g/mol. The minimum atomic E-state index is 0.391. The molecule has 0 amide bonds. The SMILES string of the molecule is COc1ccc(C)cc1C1CCN=C2NCCN21. The summed E-state index contributed by atoms with van der Waals surface area (Å²) in [6.45, 7) is 5.04. The van der Waals surface area contributed by atoms with Gasteiger partial charge in [-0.3, -0.25) is 4.99 Å². The lowest BCUT2D eigenvalue weighted by molar-refractivity contribution is 0.302. The second-order valence-electron chi connectivity index (χ2n) is 4.88. The second-order valence-corrected chi connectivity index (χ2v) is 4.88. The highest BCUT2D eigenvalue weighted by atomic mass is 16.5. The van der Waals surface area contributed by atoms with Crippen LogP contribution in [-0.2, 0) is 0 Å². The van der Waals surface area contributed by atoms with Crippen LogP contribution in [-0.4, -0.2) is 37.6 Å². The van der Waals surface area contributed by atoms with Gasteiger partial charge < -0.3 is 15.0 Å². The number of aliphatic imine (C=N–C) groups is 1. The molecule has 0 spiro atoms. The largest absolute Gasteiger partial charge is 0.496 e. The van der Waals surface area contributed by atoms with Crippen molar-refractivity contribution in [3.63, 3.8) is 0 Å². The molecule has 1 fully saturated rings. The lowest BCUT2D eigenvalue weighted by Crippen LogP contribution is -2.37. The van der Waals surface area contributed by atoms with Crippen LogP contribution in [0.3, 0.4) is 0 Å². The van der Waals surface area contributed by atoms with Crippen molar-refractivity contribution in [1.29, 1.82) is 0 Å². The molecule has 3 rings (SSSR count). The molecule has 0 aromatic heterocycles. The van der Waals surface area contributed by atoms with Gasteiger partial charge in [-0.25, -0.2) is 0 Å². The Morgan fingerprint density at radius 1 is 1.44 bits per heavy atom. The Morgan fingerprint density at radius 3 is 3.17 bits per heavy atom. The number of rotatable bonds is 2. The smallest absolute Gasteiger partial charge is 0.194 e. The molecular formula is C14H19N3O. The molecule has 2 heterocycles. The van der Waals surface area contributed by atoms with Crippen LogP contribution in [0.15, 0.2) is 23.2 Å². The third kappa shape index (κ3) is 1.82. The van der Waals surface area contributed by atoms with E-state index in [1.54, 1.807) is 7.11 Å². The highest BCUT2D eigenvalue weighted by Gasteiger charge is 2.31. The summed E-state index contributed by atoms with van der Waals surface area (Å²) < 4.78 is 5.52. The first-order chi connectivity index (χ1) is 8.79. The van der Waals surface area contributed by atoms with Crippen LogP contribution in [0.5, 0.6) is 5.75 Å². The molecule has 1 atom stereocenters. The van der Waals surface area contributed by atoms with Crippen LogP contribution in [0.1, 0.15) is 23.6 Å². The predicted octanol–water partition coefficient (Wildman–Crippen LogP) is 1.71. The number of ether oxygens (including phenoxy) is 1. The van der Waals surface area contributed by atoms with Gasteiger partial charge in [0.15, 0.2) is 5.96 Å². The van der Waals surface area contributed by atoms with Crippen LogP contribution in [0.4, 0.5) is 0 Å². The fourth-order valence-corrected chi connectivity index (χ4v) is 2.83. The number of hydrogen-bond donors (Lipinski definition) is 1. The molecule has 0 saturated carbocycles. The van der Waals surface area contributed by atoms with Crippen molar-refractivity contribution in [1.82, 2.24) is 10.2 Å². The van der Waals surface area contributed by atoms with E-state index in [2.05, 4.69) is 40.3 Å². The highest BCUT2D eigenvalue weighted by Crippen LogP contribution is 2.35. The Balaban J connectivity index is 1.99. The molecule has 2 aliphatic rings. The molecule has 2 aliphatic heterocycles. The van der Waals surface area contributed by atoms with Gasteiger partial charge in [-0.2, -0.15) is 0 Å². The van der Waals surface area contributed by atoms with Crippen molar-refractivity contribution in [2.75, 3.05) is 26.7 Å². The Kier molecular flexibility index (Phi) is 2.86. The van der Waals surface area contributed by atoms with Crippen molar-refractivity contribution in [2.24, 2.45) is 4.99 Å². The van der Waals surface area contributed by atoms with Crippen molar-refractivity contribution in [3.05, 3.63) is 29.3 Å². The minimum absolute atomic E-state index is 0.391. The highest BCUT2D eigenvalue weighted by molar-refractivity contribution is 5.83. The number of hydrogen-bond acceptors (Lipinski definition) is 4. The standard InChI is InChI=1S/C14H19N3O/c1-10-3-4-13(18-2)11(9-10)12-5-6-15-14-16-7-8-17(12)14/h3-4,9,12H,5-8H2,1-2H3,(H,15,16). The first kappa shape index (κ1) is 11.4. The van der Waals surface area contributed by atoms with Crippen molar-refractivity contribution in [2.45, 2.75) is 19.4 Å². The van der Waals surface area contributed by atoms with E-state index < -0.39 is 0 Å². The second kappa shape index (κ2) is 4.52. The van der Waals surface area contributed by atoms with E-state index in [0.29, 0.717) is 6.04 Å². The van der Waals surface area contributed by atoms with Gasteiger partial charge >= 0.3 is 0 Å². The predicted molar refractivity (Wildman–Crippen MR) is 72.1 cm³/mol. The molecule has 0 radical (unpaired) electrons. The van der Waals surface area contributed by atoms with E-state index >= 15 is 0 Å². The van der Waals surface area contributed by atoms with Crippen LogP contribution < -0.4 is 10.1 Å². The summed E-state index contributed by atoms with van der Waals surface area (Å²) in [6, 6.07) is 6.80. The average Bonchev–Trinajstić information content (AvgIpc) is 2.86. The quantitative estimate of drug-likeness (QED) is 0.862. The number of aryl methyl sites for hydroxylation is 1. The van der Waals surface area contributed by atoms with Crippen molar-refractivity contribution >= 4 is 5.96 Å².